The van der Waals surface area contributed by atoms with Gasteiger partial charge >= 0.3 is 0 Å². The molecule has 0 saturated carbocycles. The smallest absolute Gasteiger partial charge is 0.274 e. The average molecular weight is 392 g/mol. The first-order chi connectivity index (χ1) is 13.9. The van der Waals surface area contributed by atoms with Gasteiger partial charge in [0.15, 0.2) is 0 Å². The van der Waals surface area contributed by atoms with Crippen molar-refractivity contribution in [2.45, 2.75) is 20.4 Å². The third kappa shape index (κ3) is 4.32. The molecule has 0 unspecified atom stereocenters. The van der Waals surface area contributed by atoms with E-state index in [0.29, 0.717) is 29.0 Å². The standard InChI is InChI=1S/C21H20N4O4/c1-15-18(10-6-12-20(15)24(26)27)22-23(14-17-8-4-3-5-9-17)19-11-7-13-21(16(19)2)25(28)29/h3-13,22H,14H2,1-2H3. The van der Waals surface area contributed by atoms with Crippen molar-refractivity contribution in [2.75, 3.05) is 10.4 Å². The van der Waals surface area contributed by atoms with E-state index in [-0.39, 0.29) is 11.4 Å². The lowest BCUT2D eigenvalue weighted by molar-refractivity contribution is -0.385. The molecular weight excluding hydrogens is 372 g/mol. The number of nitrogens with zero attached hydrogens (tertiary/aromatic N) is 3. The van der Waals surface area contributed by atoms with E-state index in [2.05, 4.69) is 5.43 Å². The Morgan fingerprint density at radius 3 is 2.00 bits per heavy atom. The van der Waals surface area contributed by atoms with Crippen LogP contribution in [0.4, 0.5) is 22.7 Å². The van der Waals surface area contributed by atoms with Crippen LogP contribution in [0.25, 0.3) is 0 Å². The van der Waals surface area contributed by atoms with E-state index in [9.17, 15) is 20.2 Å². The number of nitro groups is 2. The number of nitrogens with one attached hydrogen (secondary N) is 1. The van der Waals surface area contributed by atoms with Crippen molar-refractivity contribution >= 4 is 22.7 Å². The van der Waals surface area contributed by atoms with Crippen molar-refractivity contribution in [3.05, 3.63) is 104 Å². The zero-order valence-electron chi connectivity index (χ0n) is 16.0. The van der Waals surface area contributed by atoms with Crippen LogP contribution in [0.3, 0.4) is 0 Å². The maximum atomic E-state index is 11.4. The number of rotatable bonds is 7. The van der Waals surface area contributed by atoms with E-state index in [1.807, 2.05) is 30.3 Å². The topological polar surface area (TPSA) is 102 Å². The lowest BCUT2D eigenvalue weighted by atomic mass is 10.1. The summed E-state index contributed by atoms with van der Waals surface area (Å²) < 4.78 is 0. The van der Waals surface area contributed by atoms with Crippen LogP contribution in [0.1, 0.15) is 16.7 Å². The molecule has 0 aliphatic carbocycles. The first kappa shape index (κ1) is 19.8. The van der Waals surface area contributed by atoms with E-state index in [1.54, 1.807) is 43.1 Å². The Kier molecular flexibility index (Phi) is 5.73. The largest absolute Gasteiger partial charge is 0.298 e. The molecule has 3 aromatic carbocycles. The summed E-state index contributed by atoms with van der Waals surface area (Å²) in [5.41, 5.74) is 6.38. The Hall–Kier alpha value is -3.94. The molecule has 3 aromatic rings. The molecule has 29 heavy (non-hydrogen) atoms. The molecule has 0 amide bonds. The van der Waals surface area contributed by atoms with Crippen LogP contribution in [0.5, 0.6) is 0 Å². The minimum atomic E-state index is -0.430. The summed E-state index contributed by atoms with van der Waals surface area (Å²) in [6, 6.07) is 19.3. The van der Waals surface area contributed by atoms with Gasteiger partial charge in [0.1, 0.15) is 0 Å². The number of benzene rings is 3. The second kappa shape index (κ2) is 8.39. The molecule has 0 atom stereocenters. The van der Waals surface area contributed by atoms with E-state index in [1.165, 1.54) is 12.1 Å². The molecular formula is C21H20N4O4. The van der Waals surface area contributed by atoms with Gasteiger partial charge < -0.3 is 0 Å². The Balaban J connectivity index is 2.06. The molecule has 0 heterocycles. The van der Waals surface area contributed by atoms with Crippen molar-refractivity contribution in [2.24, 2.45) is 0 Å². The molecule has 0 aliphatic heterocycles. The molecule has 0 bridgehead atoms. The summed E-state index contributed by atoms with van der Waals surface area (Å²) >= 11 is 0. The molecule has 0 saturated heterocycles. The van der Waals surface area contributed by atoms with Gasteiger partial charge in [-0.15, -0.1) is 0 Å². The lowest BCUT2D eigenvalue weighted by Crippen LogP contribution is -2.30. The summed E-state index contributed by atoms with van der Waals surface area (Å²) in [4.78, 5) is 21.8. The van der Waals surface area contributed by atoms with Crippen LogP contribution in [0.2, 0.25) is 0 Å². The summed E-state index contributed by atoms with van der Waals surface area (Å²) in [5.74, 6) is 0. The van der Waals surface area contributed by atoms with Crippen molar-refractivity contribution in [3.63, 3.8) is 0 Å². The number of nitro benzene ring substituents is 2. The van der Waals surface area contributed by atoms with Crippen LogP contribution in [0.15, 0.2) is 66.7 Å². The summed E-state index contributed by atoms with van der Waals surface area (Å²) in [7, 11) is 0. The van der Waals surface area contributed by atoms with Gasteiger partial charge in [0.05, 0.1) is 38.9 Å². The molecule has 0 aliphatic rings. The first-order valence-electron chi connectivity index (χ1n) is 8.94. The van der Waals surface area contributed by atoms with Gasteiger partial charge in [-0.1, -0.05) is 42.5 Å². The molecule has 8 nitrogen and oxygen atoms in total. The highest BCUT2D eigenvalue weighted by Gasteiger charge is 2.20. The van der Waals surface area contributed by atoms with Crippen molar-refractivity contribution in [3.8, 4) is 0 Å². The van der Waals surface area contributed by atoms with E-state index >= 15 is 0 Å². The molecule has 0 radical (unpaired) electrons. The van der Waals surface area contributed by atoms with Gasteiger partial charge in [-0.25, -0.2) is 0 Å². The minimum Gasteiger partial charge on any atom is -0.298 e. The second-order valence-corrected chi connectivity index (χ2v) is 6.57. The second-order valence-electron chi connectivity index (χ2n) is 6.57. The molecule has 8 heteroatoms. The Morgan fingerprint density at radius 2 is 1.38 bits per heavy atom. The third-order valence-electron chi connectivity index (χ3n) is 4.70. The lowest BCUT2D eigenvalue weighted by Gasteiger charge is -2.28. The maximum Gasteiger partial charge on any atom is 0.274 e. The van der Waals surface area contributed by atoms with E-state index < -0.39 is 9.85 Å². The normalized spacial score (nSPS) is 10.4. The minimum absolute atomic E-state index is 0.00502. The number of anilines is 2. The van der Waals surface area contributed by atoms with E-state index in [4.69, 9.17) is 0 Å². The monoisotopic (exact) mass is 392 g/mol. The number of hydrogen-bond donors (Lipinski definition) is 1. The molecule has 1 N–H and O–H groups in total. The molecule has 0 aromatic heterocycles. The number of hydrazine groups is 1. The van der Waals surface area contributed by atoms with E-state index in [0.717, 1.165) is 5.56 Å². The predicted octanol–water partition coefficient (Wildman–Crippen LogP) is 5.15. The molecule has 148 valence electrons. The zero-order chi connectivity index (χ0) is 21.0. The summed E-state index contributed by atoms with van der Waals surface area (Å²) in [6.07, 6.45) is 0. The Labute approximate surface area is 167 Å². The van der Waals surface area contributed by atoms with Crippen LogP contribution < -0.4 is 10.4 Å². The molecule has 0 fully saturated rings. The highest BCUT2D eigenvalue weighted by atomic mass is 16.6. The van der Waals surface area contributed by atoms with Crippen molar-refractivity contribution < 1.29 is 9.85 Å². The first-order valence-corrected chi connectivity index (χ1v) is 8.94. The molecule has 0 spiro atoms. The van der Waals surface area contributed by atoms with Crippen molar-refractivity contribution in [1.82, 2.24) is 0 Å². The van der Waals surface area contributed by atoms with Gasteiger partial charge in [0.2, 0.25) is 0 Å². The fraction of sp³-hybridized carbons (Fsp3) is 0.143. The third-order valence-corrected chi connectivity index (χ3v) is 4.70. The fourth-order valence-electron chi connectivity index (χ4n) is 3.14. The van der Waals surface area contributed by atoms with Gasteiger partial charge in [-0.05, 0) is 31.5 Å². The molecule has 3 rings (SSSR count). The summed E-state index contributed by atoms with van der Waals surface area (Å²) in [5, 5.41) is 24.4. The van der Waals surface area contributed by atoms with Crippen LogP contribution in [-0.4, -0.2) is 9.85 Å². The summed E-state index contributed by atoms with van der Waals surface area (Å²) in [6.45, 7) is 3.76. The van der Waals surface area contributed by atoms with Gasteiger partial charge in [-0.3, -0.25) is 30.7 Å². The van der Waals surface area contributed by atoms with Gasteiger partial charge in [0, 0.05) is 12.1 Å². The Morgan fingerprint density at radius 1 is 0.793 bits per heavy atom. The predicted molar refractivity (Wildman–Crippen MR) is 112 cm³/mol. The van der Waals surface area contributed by atoms with Crippen LogP contribution in [0, 0.1) is 34.1 Å². The zero-order valence-corrected chi connectivity index (χ0v) is 16.0. The van der Waals surface area contributed by atoms with Crippen molar-refractivity contribution in [1.29, 1.82) is 0 Å². The Bertz CT molecular complexity index is 1050. The quantitative estimate of drug-likeness (QED) is 0.440. The number of hydrogen-bond acceptors (Lipinski definition) is 6. The van der Waals surface area contributed by atoms with Gasteiger partial charge in [-0.2, -0.15) is 0 Å². The fourth-order valence-corrected chi connectivity index (χ4v) is 3.14. The maximum absolute atomic E-state index is 11.4. The SMILES string of the molecule is Cc1c(NN(Cc2ccccc2)c2cccc([N+](=O)[O-])c2C)cccc1[N+](=O)[O-]. The average Bonchev–Trinajstić information content (AvgIpc) is 2.69. The van der Waals surface area contributed by atoms with Crippen LogP contribution >= 0.6 is 0 Å². The van der Waals surface area contributed by atoms with Gasteiger partial charge in [0.25, 0.3) is 11.4 Å². The highest BCUT2D eigenvalue weighted by Crippen LogP contribution is 2.32. The van der Waals surface area contributed by atoms with Crippen LogP contribution in [-0.2, 0) is 6.54 Å². The highest BCUT2D eigenvalue weighted by molar-refractivity contribution is 5.67.